The van der Waals surface area contributed by atoms with Gasteiger partial charge in [-0.25, -0.2) is 8.42 Å². The molecule has 9 nitrogen and oxygen atoms in total. The van der Waals surface area contributed by atoms with Gasteiger partial charge in [-0.2, -0.15) is 0 Å². The van der Waals surface area contributed by atoms with Crippen LogP contribution in [0.25, 0.3) is 0 Å². The molecule has 32 heavy (non-hydrogen) atoms. The molecule has 1 saturated heterocycles. The number of nitrogens with zero attached hydrogens (tertiary/aromatic N) is 3. The zero-order valence-electron chi connectivity index (χ0n) is 18.2. The number of anilines is 1. The summed E-state index contributed by atoms with van der Waals surface area (Å²) >= 11 is 0. The van der Waals surface area contributed by atoms with Gasteiger partial charge in [0.2, 0.25) is 5.91 Å². The normalized spacial score (nSPS) is 14.3. The van der Waals surface area contributed by atoms with Gasteiger partial charge in [-0.15, -0.1) is 0 Å². The number of rotatable bonds is 8. The van der Waals surface area contributed by atoms with Crippen molar-refractivity contribution in [3.63, 3.8) is 0 Å². The Morgan fingerprint density at radius 3 is 2.44 bits per heavy atom. The molecule has 0 aliphatic carbocycles. The quantitative estimate of drug-likeness (QED) is 0.439. The largest absolute Gasteiger partial charge is 0.494 e. The van der Waals surface area contributed by atoms with Crippen LogP contribution >= 0.6 is 0 Å². The molecular weight excluding hydrogens is 434 g/mol. The molecule has 1 aliphatic rings. The number of ether oxygens (including phenoxy) is 1. The van der Waals surface area contributed by atoms with Gasteiger partial charge in [0, 0.05) is 44.9 Å². The van der Waals surface area contributed by atoms with Gasteiger partial charge in [-0.1, -0.05) is 18.2 Å². The van der Waals surface area contributed by atoms with Crippen molar-refractivity contribution in [2.75, 3.05) is 43.9 Å². The summed E-state index contributed by atoms with van der Waals surface area (Å²) in [5, 5.41) is 11.5. The van der Waals surface area contributed by atoms with Crippen LogP contribution in [0.4, 0.5) is 11.4 Å². The van der Waals surface area contributed by atoms with Crippen LogP contribution in [0, 0.1) is 10.1 Å². The molecule has 0 radical (unpaired) electrons. The Morgan fingerprint density at radius 1 is 1.12 bits per heavy atom. The van der Waals surface area contributed by atoms with Gasteiger partial charge in [0.25, 0.3) is 5.69 Å². The summed E-state index contributed by atoms with van der Waals surface area (Å²) in [7, 11) is -3.55. The Bertz CT molecular complexity index is 1090. The predicted molar refractivity (Wildman–Crippen MR) is 121 cm³/mol. The third-order valence-corrected chi connectivity index (χ3v) is 6.54. The molecule has 2 aromatic rings. The first kappa shape index (κ1) is 23.5. The van der Waals surface area contributed by atoms with E-state index in [0.717, 1.165) is 23.6 Å². The number of carbonyl (C=O) groups excluding carboxylic acids is 1. The van der Waals surface area contributed by atoms with E-state index in [1.54, 1.807) is 4.90 Å². The zero-order valence-corrected chi connectivity index (χ0v) is 19.0. The van der Waals surface area contributed by atoms with Crippen molar-refractivity contribution < 1.29 is 22.9 Å². The number of nitro benzene ring substituents is 1. The van der Waals surface area contributed by atoms with Crippen molar-refractivity contribution in [1.29, 1.82) is 0 Å². The molecule has 0 saturated carbocycles. The van der Waals surface area contributed by atoms with E-state index in [0.29, 0.717) is 51.3 Å². The van der Waals surface area contributed by atoms with Gasteiger partial charge in [-0.3, -0.25) is 14.9 Å². The number of carbonyl (C=O) groups is 1. The van der Waals surface area contributed by atoms with E-state index in [1.807, 2.05) is 36.1 Å². The predicted octanol–water partition coefficient (Wildman–Crippen LogP) is 2.68. The lowest BCUT2D eigenvalue weighted by molar-refractivity contribution is -0.384. The van der Waals surface area contributed by atoms with Crippen LogP contribution in [-0.4, -0.2) is 63.2 Å². The second-order valence-electron chi connectivity index (χ2n) is 7.59. The van der Waals surface area contributed by atoms with Crippen LogP contribution in [0.5, 0.6) is 5.75 Å². The van der Waals surface area contributed by atoms with Crippen LogP contribution in [0.15, 0.2) is 47.4 Å². The van der Waals surface area contributed by atoms with Gasteiger partial charge in [-0.05, 0) is 37.1 Å². The minimum absolute atomic E-state index is 0.0258. The standard InChI is InChI=1S/C22H27N3O6S/c1-3-31-21-7-5-4-6-17(21)8-11-22(26)24-14-12-23(13-15-24)19-10-9-18(32(2,29)30)16-20(19)25(27)28/h4-7,9-10,16H,3,8,11-15H2,1-2H3. The fourth-order valence-electron chi connectivity index (χ4n) is 3.75. The van der Waals surface area contributed by atoms with E-state index in [1.165, 1.54) is 12.1 Å². The number of nitro groups is 1. The lowest BCUT2D eigenvalue weighted by Crippen LogP contribution is -2.49. The number of sulfone groups is 1. The Labute approximate surface area is 187 Å². The summed E-state index contributed by atoms with van der Waals surface area (Å²) < 4.78 is 29.1. The van der Waals surface area contributed by atoms with E-state index in [9.17, 15) is 23.3 Å². The maximum atomic E-state index is 12.7. The summed E-state index contributed by atoms with van der Waals surface area (Å²) in [6.07, 6.45) is 1.95. The lowest BCUT2D eigenvalue weighted by Gasteiger charge is -2.36. The molecule has 1 amide bonds. The van der Waals surface area contributed by atoms with Crippen LogP contribution in [0.3, 0.4) is 0 Å². The molecule has 2 aromatic carbocycles. The highest BCUT2D eigenvalue weighted by molar-refractivity contribution is 7.90. The molecule has 0 bridgehead atoms. The molecule has 0 unspecified atom stereocenters. The lowest BCUT2D eigenvalue weighted by atomic mass is 10.1. The minimum atomic E-state index is -3.55. The van der Waals surface area contributed by atoms with E-state index < -0.39 is 14.8 Å². The highest BCUT2D eigenvalue weighted by Crippen LogP contribution is 2.31. The first-order valence-corrected chi connectivity index (χ1v) is 12.3. The number of aryl methyl sites for hydroxylation is 1. The molecule has 3 rings (SSSR count). The maximum Gasteiger partial charge on any atom is 0.293 e. The zero-order chi connectivity index (χ0) is 23.3. The third-order valence-electron chi connectivity index (χ3n) is 5.43. The second kappa shape index (κ2) is 9.99. The Balaban J connectivity index is 1.63. The summed E-state index contributed by atoms with van der Waals surface area (Å²) in [5.74, 6) is 0.815. The number of amides is 1. The second-order valence-corrected chi connectivity index (χ2v) is 9.60. The number of piperazine rings is 1. The topological polar surface area (TPSA) is 110 Å². The summed E-state index contributed by atoms with van der Waals surface area (Å²) in [6, 6.07) is 11.6. The third kappa shape index (κ3) is 5.56. The fourth-order valence-corrected chi connectivity index (χ4v) is 4.39. The molecule has 172 valence electrons. The van der Waals surface area contributed by atoms with Crippen LogP contribution in [0.2, 0.25) is 0 Å². The van der Waals surface area contributed by atoms with Crippen LogP contribution in [0.1, 0.15) is 18.9 Å². The molecule has 1 heterocycles. The molecular formula is C22H27N3O6S. The van der Waals surface area contributed by atoms with E-state index in [4.69, 9.17) is 4.74 Å². The fraction of sp³-hybridized carbons (Fsp3) is 0.409. The van der Waals surface area contributed by atoms with Gasteiger partial charge in [0.05, 0.1) is 16.4 Å². The Morgan fingerprint density at radius 2 is 1.81 bits per heavy atom. The molecule has 0 spiro atoms. The minimum Gasteiger partial charge on any atom is -0.494 e. The first-order valence-electron chi connectivity index (χ1n) is 10.4. The number of benzene rings is 2. The molecule has 0 N–H and O–H groups in total. The highest BCUT2D eigenvalue weighted by Gasteiger charge is 2.27. The Hall–Kier alpha value is -3.14. The highest BCUT2D eigenvalue weighted by atomic mass is 32.2. The average molecular weight is 462 g/mol. The molecule has 1 fully saturated rings. The number of hydrogen-bond acceptors (Lipinski definition) is 7. The molecule has 10 heteroatoms. The number of hydrogen-bond donors (Lipinski definition) is 0. The molecule has 0 atom stereocenters. The summed E-state index contributed by atoms with van der Waals surface area (Å²) in [4.78, 5) is 27.1. The smallest absolute Gasteiger partial charge is 0.293 e. The van der Waals surface area contributed by atoms with Crippen LogP contribution in [-0.2, 0) is 21.1 Å². The van der Waals surface area contributed by atoms with Crippen molar-refractivity contribution in [2.24, 2.45) is 0 Å². The van der Waals surface area contributed by atoms with E-state index in [-0.39, 0.29) is 16.5 Å². The molecule has 1 aliphatic heterocycles. The summed E-state index contributed by atoms with van der Waals surface area (Å²) in [5.41, 5.74) is 1.10. The SMILES string of the molecule is CCOc1ccccc1CCC(=O)N1CCN(c2ccc(S(C)(=O)=O)cc2[N+](=O)[O-])CC1. The maximum absolute atomic E-state index is 12.7. The average Bonchev–Trinajstić information content (AvgIpc) is 2.77. The van der Waals surface area contributed by atoms with Crippen molar-refractivity contribution >= 4 is 27.1 Å². The van der Waals surface area contributed by atoms with Gasteiger partial charge in [0.1, 0.15) is 11.4 Å². The van der Waals surface area contributed by atoms with Gasteiger partial charge in [0.15, 0.2) is 9.84 Å². The summed E-state index contributed by atoms with van der Waals surface area (Å²) in [6.45, 7) is 4.22. The van der Waals surface area contributed by atoms with Gasteiger partial charge >= 0.3 is 0 Å². The number of para-hydroxylation sites is 1. The van der Waals surface area contributed by atoms with Crippen molar-refractivity contribution in [1.82, 2.24) is 4.90 Å². The van der Waals surface area contributed by atoms with Crippen molar-refractivity contribution in [2.45, 2.75) is 24.7 Å². The Kier molecular flexibility index (Phi) is 7.34. The van der Waals surface area contributed by atoms with Gasteiger partial charge < -0.3 is 14.5 Å². The van der Waals surface area contributed by atoms with E-state index in [2.05, 4.69) is 0 Å². The first-order chi connectivity index (χ1) is 15.2. The van der Waals surface area contributed by atoms with Crippen molar-refractivity contribution in [3.05, 3.63) is 58.1 Å². The monoisotopic (exact) mass is 461 g/mol. The van der Waals surface area contributed by atoms with Crippen molar-refractivity contribution in [3.8, 4) is 5.75 Å². The molecule has 0 aromatic heterocycles. The van der Waals surface area contributed by atoms with Crippen LogP contribution < -0.4 is 9.64 Å². The van der Waals surface area contributed by atoms with E-state index >= 15 is 0 Å².